The van der Waals surface area contributed by atoms with Crippen LogP contribution in [0.3, 0.4) is 0 Å². The van der Waals surface area contributed by atoms with Gasteiger partial charge < -0.3 is 18.8 Å². The van der Waals surface area contributed by atoms with Crippen molar-refractivity contribution < 1.29 is 19.0 Å². The molecular formula is C21H22N2O4S. The molecule has 0 saturated carbocycles. The van der Waals surface area contributed by atoms with Crippen molar-refractivity contribution in [2.75, 3.05) is 21.3 Å². The average molecular weight is 398 g/mol. The van der Waals surface area contributed by atoms with Crippen LogP contribution in [0.25, 0.3) is 10.2 Å². The number of benzene rings is 2. The fourth-order valence-corrected chi connectivity index (χ4v) is 3.96. The lowest BCUT2D eigenvalue weighted by Crippen LogP contribution is -2.17. The standard InChI is InChI=1S/C21H22N2O4S/c1-5-10-23-17-9-8-16(26-3)13-19(17)28-21(23)22-20(24)11-14-6-7-15(25-2)12-18(14)27-4/h5-9,12-13H,1,10-11H2,2-4H3. The topological polar surface area (TPSA) is 62.1 Å². The zero-order valence-corrected chi connectivity index (χ0v) is 16.9. The predicted molar refractivity (Wildman–Crippen MR) is 110 cm³/mol. The molecule has 0 aliphatic carbocycles. The van der Waals surface area contributed by atoms with E-state index < -0.39 is 0 Å². The number of rotatable bonds is 7. The Morgan fingerprint density at radius 3 is 2.50 bits per heavy atom. The average Bonchev–Trinajstić information content (AvgIpc) is 3.04. The van der Waals surface area contributed by atoms with Gasteiger partial charge in [0, 0.05) is 18.2 Å². The second kappa shape index (κ2) is 8.75. The highest BCUT2D eigenvalue weighted by Gasteiger charge is 2.12. The summed E-state index contributed by atoms with van der Waals surface area (Å²) in [5, 5.41) is 0. The normalized spacial score (nSPS) is 11.5. The summed E-state index contributed by atoms with van der Waals surface area (Å²) < 4.78 is 18.8. The first-order chi connectivity index (χ1) is 13.6. The molecule has 0 radical (unpaired) electrons. The molecule has 1 amide bonds. The fraction of sp³-hybridized carbons (Fsp3) is 0.238. The largest absolute Gasteiger partial charge is 0.497 e. The van der Waals surface area contributed by atoms with E-state index in [2.05, 4.69) is 11.6 Å². The molecule has 0 unspecified atom stereocenters. The third-order valence-corrected chi connectivity index (χ3v) is 5.30. The molecule has 0 aliphatic rings. The summed E-state index contributed by atoms with van der Waals surface area (Å²) in [4.78, 5) is 17.6. The SMILES string of the molecule is C=CCn1c(=NC(=O)Cc2ccc(OC)cc2OC)sc2cc(OC)ccc21. The maximum atomic E-state index is 12.7. The van der Waals surface area contributed by atoms with Gasteiger partial charge >= 0.3 is 0 Å². The highest BCUT2D eigenvalue weighted by Crippen LogP contribution is 2.26. The minimum Gasteiger partial charge on any atom is -0.497 e. The van der Waals surface area contributed by atoms with Crippen molar-refractivity contribution in [2.24, 2.45) is 4.99 Å². The molecule has 0 bridgehead atoms. The van der Waals surface area contributed by atoms with Gasteiger partial charge in [-0.25, -0.2) is 0 Å². The van der Waals surface area contributed by atoms with Crippen molar-refractivity contribution in [1.82, 2.24) is 4.57 Å². The summed E-state index contributed by atoms with van der Waals surface area (Å²) in [7, 11) is 4.78. The molecule has 0 fully saturated rings. The lowest BCUT2D eigenvalue weighted by Gasteiger charge is -2.08. The maximum absolute atomic E-state index is 12.7. The van der Waals surface area contributed by atoms with Crippen LogP contribution in [-0.4, -0.2) is 31.8 Å². The first-order valence-corrected chi connectivity index (χ1v) is 9.48. The molecule has 0 atom stereocenters. The fourth-order valence-electron chi connectivity index (χ4n) is 2.88. The molecule has 3 rings (SSSR count). The number of hydrogen-bond donors (Lipinski definition) is 0. The number of carbonyl (C=O) groups excluding carboxylic acids is 1. The number of amides is 1. The van der Waals surface area contributed by atoms with Crippen LogP contribution < -0.4 is 19.0 Å². The van der Waals surface area contributed by atoms with Gasteiger partial charge in [-0.1, -0.05) is 23.5 Å². The highest BCUT2D eigenvalue weighted by molar-refractivity contribution is 7.16. The van der Waals surface area contributed by atoms with Crippen LogP contribution in [-0.2, 0) is 17.8 Å². The molecule has 1 heterocycles. The second-order valence-electron chi connectivity index (χ2n) is 5.98. The number of allylic oxidation sites excluding steroid dienone is 1. The van der Waals surface area contributed by atoms with E-state index in [1.165, 1.54) is 11.3 Å². The zero-order chi connectivity index (χ0) is 20.1. The lowest BCUT2D eigenvalue weighted by molar-refractivity contribution is -0.117. The Morgan fingerprint density at radius 1 is 1.11 bits per heavy atom. The summed E-state index contributed by atoms with van der Waals surface area (Å²) in [6.45, 7) is 4.37. The monoisotopic (exact) mass is 398 g/mol. The van der Waals surface area contributed by atoms with Gasteiger partial charge in [0.1, 0.15) is 17.2 Å². The summed E-state index contributed by atoms with van der Waals surface area (Å²) in [6, 6.07) is 11.2. The summed E-state index contributed by atoms with van der Waals surface area (Å²) in [5.41, 5.74) is 1.74. The van der Waals surface area contributed by atoms with Crippen molar-refractivity contribution in [1.29, 1.82) is 0 Å². The third kappa shape index (κ3) is 4.09. The van der Waals surface area contributed by atoms with E-state index in [1.807, 2.05) is 28.8 Å². The van der Waals surface area contributed by atoms with Gasteiger partial charge in [-0.2, -0.15) is 4.99 Å². The van der Waals surface area contributed by atoms with Crippen molar-refractivity contribution in [3.63, 3.8) is 0 Å². The number of thiazole rings is 1. The molecule has 0 saturated heterocycles. The smallest absolute Gasteiger partial charge is 0.252 e. The van der Waals surface area contributed by atoms with Gasteiger partial charge in [0.15, 0.2) is 4.80 Å². The molecule has 0 aliphatic heterocycles. The summed E-state index contributed by atoms with van der Waals surface area (Å²) >= 11 is 1.44. The third-order valence-electron chi connectivity index (χ3n) is 4.26. The van der Waals surface area contributed by atoms with Crippen molar-refractivity contribution in [2.45, 2.75) is 13.0 Å². The molecule has 0 N–H and O–H groups in total. The van der Waals surface area contributed by atoms with Gasteiger partial charge in [0.25, 0.3) is 5.91 Å². The Kier molecular flexibility index (Phi) is 6.16. The maximum Gasteiger partial charge on any atom is 0.252 e. The Morgan fingerprint density at radius 2 is 1.82 bits per heavy atom. The van der Waals surface area contributed by atoms with Crippen LogP contribution in [0.15, 0.2) is 54.0 Å². The van der Waals surface area contributed by atoms with Gasteiger partial charge in [0.05, 0.1) is 38.0 Å². The first-order valence-electron chi connectivity index (χ1n) is 8.66. The number of aromatic nitrogens is 1. The minimum absolute atomic E-state index is 0.138. The lowest BCUT2D eigenvalue weighted by atomic mass is 10.1. The molecule has 146 valence electrons. The van der Waals surface area contributed by atoms with Crippen LogP contribution in [0.2, 0.25) is 0 Å². The molecule has 7 heteroatoms. The molecular weight excluding hydrogens is 376 g/mol. The van der Waals surface area contributed by atoms with E-state index in [9.17, 15) is 4.79 Å². The number of methoxy groups -OCH3 is 3. The second-order valence-corrected chi connectivity index (χ2v) is 6.99. The van der Waals surface area contributed by atoms with Crippen LogP contribution in [0.5, 0.6) is 17.2 Å². The van der Waals surface area contributed by atoms with Crippen LogP contribution >= 0.6 is 11.3 Å². The molecule has 1 aromatic heterocycles. The van der Waals surface area contributed by atoms with E-state index in [0.717, 1.165) is 21.5 Å². The summed E-state index contributed by atoms with van der Waals surface area (Å²) in [5.74, 6) is 1.79. The van der Waals surface area contributed by atoms with Crippen LogP contribution in [0.1, 0.15) is 5.56 Å². The van der Waals surface area contributed by atoms with Crippen LogP contribution in [0.4, 0.5) is 0 Å². The van der Waals surface area contributed by atoms with Gasteiger partial charge in [-0.15, -0.1) is 6.58 Å². The molecule has 0 spiro atoms. The predicted octanol–water partition coefficient (Wildman–Crippen LogP) is 3.58. The van der Waals surface area contributed by atoms with Gasteiger partial charge in [-0.3, -0.25) is 4.79 Å². The number of nitrogens with zero attached hydrogens (tertiary/aromatic N) is 2. The van der Waals surface area contributed by atoms with E-state index in [4.69, 9.17) is 14.2 Å². The summed E-state index contributed by atoms with van der Waals surface area (Å²) in [6.07, 6.45) is 1.92. The minimum atomic E-state index is -0.250. The number of ether oxygens (including phenoxy) is 3. The number of hydrogen-bond acceptors (Lipinski definition) is 5. The van der Waals surface area contributed by atoms with Gasteiger partial charge in [0.2, 0.25) is 0 Å². The molecule has 2 aromatic carbocycles. The molecule has 3 aromatic rings. The Hall–Kier alpha value is -3.06. The Balaban J connectivity index is 1.98. The van der Waals surface area contributed by atoms with Crippen molar-refractivity contribution in [3.05, 3.63) is 59.4 Å². The Labute approximate surface area is 167 Å². The Bertz CT molecular complexity index is 1080. The number of carbonyl (C=O) groups is 1. The zero-order valence-electron chi connectivity index (χ0n) is 16.1. The quantitative estimate of drug-likeness (QED) is 0.571. The van der Waals surface area contributed by atoms with E-state index >= 15 is 0 Å². The van der Waals surface area contributed by atoms with E-state index in [-0.39, 0.29) is 12.3 Å². The van der Waals surface area contributed by atoms with Gasteiger partial charge in [-0.05, 0) is 24.3 Å². The first kappa shape index (κ1) is 19.7. The van der Waals surface area contributed by atoms with E-state index in [1.54, 1.807) is 39.5 Å². The van der Waals surface area contributed by atoms with Crippen molar-refractivity contribution >= 4 is 27.5 Å². The van der Waals surface area contributed by atoms with Crippen molar-refractivity contribution in [3.8, 4) is 17.2 Å². The molecule has 6 nitrogen and oxygen atoms in total. The van der Waals surface area contributed by atoms with Crippen LogP contribution in [0, 0.1) is 0 Å². The number of fused-ring (bicyclic) bond motifs is 1. The highest BCUT2D eigenvalue weighted by atomic mass is 32.1. The van der Waals surface area contributed by atoms with E-state index in [0.29, 0.717) is 22.8 Å². The molecule has 28 heavy (non-hydrogen) atoms.